The van der Waals surface area contributed by atoms with Crippen LogP contribution in [0.25, 0.3) is 0 Å². The van der Waals surface area contributed by atoms with E-state index in [-0.39, 0.29) is 18.6 Å². The predicted molar refractivity (Wildman–Crippen MR) is 104 cm³/mol. The summed E-state index contributed by atoms with van der Waals surface area (Å²) in [7, 11) is 5.41. The molecule has 1 N–H and O–H groups in total. The first-order valence-corrected chi connectivity index (χ1v) is 9.57. The lowest BCUT2D eigenvalue weighted by Crippen LogP contribution is -3.10. The second-order valence-corrected chi connectivity index (χ2v) is 7.35. The Hall–Kier alpha value is -2.73. The number of ketones is 1. The molecule has 2 heterocycles. The van der Waals surface area contributed by atoms with Crippen LogP contribution < -0.4 is 23.8 Å². The van der Waals surface area contributed by atoms with Gasteiger partial charge in [0.1, 0.15) is 17.6 Å². The van der Waals surface area contributed by atoms with Crippen molar-refractivity contribution >= 4 is 5.78 Å². The average molecular weight is 384 g/mol. The zero-order valence-electron chi connectivity index (χ0n) is 16.5. The Balaban J connectivity index is 1.63. The molecule has 2 aliphatic heterocycles. The van der Waals surface area contributed by atoms with E-state index in [1.807, 2.05) is 30.3 Å². The maximum Gasteiger partial charge on any atom is 0.231 e. The summed E-state index contributed by atoms with van der Waals surface area (Å²) in [6.45, 7) is 1.16. The standard InChI is InChI=1S/C22H25NO5/c1-23-9-8-15-11-19-21(28-13-27-19)22(26-3)20(15)17(23)12-16(24)10-14-6-4-5-7-18(14)25-2/h4-7,11,17H,8-10,12-13H2,1-3H3/p+1/t17-/m0/s1. The highest BCUT2D eigenvalue weighted by Crippen LogP contribution is 2.47. The number of Topliss-reactive ketones (excluding diaryl/α,β-unsaturated/α-hetero) is 1. The van der Waals surface area contributed by atoms with Gasteiger partial charge >= 0.3 is 0 Å². The molecule has 0 bridgehead atoms. The fourth-order valence-electron chi connectivity index (χ4n) is 4.26. The molecule has 2 aromatic rings. The third-order valence-electron chi connectivity index (χ3n) is 5.69. The number of quaternary nitrogens is 1. The van der Waals surface area contributed by atoms with Crippen LogP contribution in [0.1, 0.15) is 29.2 Å². The molecule has 2 aliphatic rings. The van der Waals surface area contributed by atoms with Crippen molar-refractivity contribution in [3.63, 3.8) is 0 Å². The zero-order chi connectivity index (χ0) is 19.7. The molecule has 6 heteroatoms. The zero-order valence-corrected chi connectivity index (χ0v) is 16.5. The van der Waals surface area contributed by atoms with E-state index in [0.29, 0.717) is 24.3 Å². The molecule has 0 aromatic heterocycles. The second-order valence-electron chi connectivity index (χ2n) is 7.35. The summed E-state index contributed by atoms with van der Waals surface area (Å²) in [4.78, 5) is 14.3. The Bertz CT molecular complexity index is 895. The van der Waals surface area contributed by atoms with Gasteiger partial charge < -0.3 is 23.8 Å². The van der Waals surface area contributed by atoms with Gasteiger partial charge in [0, 0.05) is 18.4 Å². The van der Waals surface area contributed by atoms with Crippen molar-refractivity contribution in [3.05, 3.63) is 47.0 Å². The monoisotopic (exact) mass is 384 g/mol. The lowest BCUT2D eigenvalue weighted by atomic mass is 9.87. The molecule has 6 nitrogen and oxygen atoms in total. The molecule has 28 heavy (non-hydrogen) atoms. The molecule has 4 rings (SSSR count). The van der Waals surface area contributed by atoms with Crippen LogP contribution in [0.2, 0.25) is 0 Å². The molecule has 0 fully saturated rings. The van der Waals surface area contributed by atoms with Crippen molar-refractivity contribution in [1.29, 1.82) is 0 Å². The number of carbonyl (C=O) groups excluding carboxylic acids is 1. The molecule has 0 radical (unpaired) electrons. The summed E-state index contributed by atoms with van der Waals surface area (Å²) in [5.41, 5.74) is 3.17. The molecule has 0 saturated carbocycles. The molecule has 0 spiro atoms. The van der Waals surface area contributed by atoms with E-state index in [1.54, 1.807) is 14.2 Å². The number of fused-ring (bicyclic) bond motifs is 2. The van der Waals surface area contributed by atoms with E-state index < -0.39 is 0 Å². The van der Waals surface area contributed by atoms with Crippen molar-refractivity contribution in [2.75, 3.05) is 34.6 Å². The van der Waals surface area contributed by atoms with Crippen LogP contribution in [0.15, 0.2) is 30.3 Å². The number of para-hydroxylation sites is 1. The first kappa shape index (κ1) is 18.6. The minimum Gasteiger partial charge on any atom is -0.496 e. The molecule has 2 atom stereocenters. The Morgan fingerprint density at radius 3 is 2.82 bits per heavy atom. The van der Waals surface area contributed by atoms with Gasteiger partial charge in [0.25, 0.3) is 0 Å². The largest absolute Gasteiger partial charge is 0.496 e. The minimum atomic E-state index is 0.0235. The van der Waals surface area contributed by atoms with Crippen LogP contribution in [0.5, 0.6) is 23.0 Å². The van der Waals surface area contributed by atoms with Gasteiger partial charge in [-0.15, -0.1) is 0 Å². The number of hydrogen-bond donors (Lipinski definition) is 1. The smallest absolute Gasteiger partial charge is 0.231 e. The molecule has 148 valence electrons. The van der Waals surface area contributed by atoms with Crippen LogP contribution >= 0.6 is 0 Å². The SMILES string of the molecule is COc1ccccc1CC(=O)C[C@H]1c2c(cc3c(c2OC)OCO3)CC[NH+]1C. The maximum absolute atomic E-state index is 13.0. The fourth-order valence-corrected chi connectivity index (χ4v) is 4.26. The summed E-state index contributed by atoms with van der Waals surface area (Å²) < 4.78 is 22.3. The first-order chi connectivity index (χ1) is 13.6. The molecular formula is C22H26NO5+. The molecule has 2 aromatic carbocycles. The van der Waals surface area contributed by atoms with Gasteiger partial charge in [-0.1, -0.05) is 18.2 Å². The molecular weight excluding hydrogens is 358 g/mol. The fraction of sp³-hybridized carbons (Fsp3) is 0.409. The highest BCUT2D eigenvalue weighted by molar-refractivity contribution is 5.82. The minimum absolute atomic E-state index is 0.0235. The van der Waals surface area contributed by atoms with E-state index in [2.05, 4.69) is 7.05 Å². The average Bonchev–Trinajstić information content (AvgIpc) is 3.17. The number of carbonyl (C=O) groups is 1. The molecule has 0 amide bonds. The van der Waals surface area contributed by atoms with Crippen molar-refractivity contribution in [3.8, 4) is 23.0 Å². The van der Waals surface area contributed by atoms with Crippen molar-refractivity contribution in [1.82, 2.24) is 0 Å². The van der Waals surface area contributed by atoms with Gasteiger partial charge in [0.15, 0.2) is 11.5 Å². The third kappa shape index (κ3) is 3.29. The number of methoxy groups -OCH3 is 2. The summed E-state index contributed by atoms with van der Waals surface area (Å²) in [5, 5.41) is 0. The number of hydrogen-bond acceptors (Lipinski definition) is 5. The quantitative estimate of drug-likeness (QED) is 0.822. The number of nitrogens with one attached hydrogen (secondary N) is 1. The van der Waals surface area contributed by atoms with Gasteiger partial charge in [0.05, 0.1) is 39.8 Å². The normalized spacial score (nSPS) is 19.8. The van der Waals surface area contributed by atoms with Crippen LogP contribution in [-0.2, 0) is 17.6 Å². The van der Waals surface area contributed by atoms with Gasteiger partial charge in [0.2, 0.25) is 12.5 Å². The Morgan fingerprint density at radius 1 is 1.21 bits per heavy atom. The van der Waals surface area contributed by atoms with Crippen molar-refractivity contribution in [2.45, 2.75) is 25.3 Å². The van der Waals surface area contributed by atoms with Gasteiger partial charge in [-0.05, 0) is 17.7 Å². The molecule has 0 saturated heterocycles. The van der Waals surface area contributed by atoms with Gasteiger partial charge in [-0.25, -0.2) is 0 Å². The van der Waals surface area contributed by atoms with Crippen LogP contribution in [-0.4, -0.2) is 40.4 Å². The number of benzene rings is 2. The summed E-state index contributed by atoms with van der Waals surface area (Å²) in [5.74, 6) is 3.02. The number of likely N-dealkylation sites (N-methyl/N-ethyl adjacent to an activating group) is 1. The topological polar surface area (TPSA) is 58.4 Å². The lowest BCUT2D eigenvalue weighted by Gasteiger charge is -2.32. The van der Waals surface area contributed by atoms with E-state index in [1.165, 1.54) is 10.5 Å². The first-order valence-electron chi connectivity index (χ1n) is 9.57. The highest BCUT2D eigenvalue weighted by Gasteiger charge is 2.37. The summed E-state index contributed by atoms with van der Waals surface area (Å²) in [6.07, 6.45) is 1.72. The molecule has 1 unspecified atom stereocenters. The Kier molecular flexibility index (Phi) is 5.13. The molecule has 0 aliphatic carbocycles. The van der Waals surface area contributed by atoms with E-state index >= 15 is 0 Å². The van der Waals surface area contributed by atoms with E-state index in [4.69, 9.17) is 18.9 Å². The Morgan fingerprint density at radius 2 is 2.04 bits per heavy atom. The van der Waals surface area contributed by atoms with E-state index in [0.717, 1.165) is 35.6 Å². The Labute approximate surface area is 165 Å². The van der Waals surface area contributed by atoms with Crippen molar-refractivity contribution < 1.29 is 28.6 Å². The summed E-state index contributed by atoms with van der Waals surface area (Å²) in [6, 6.07) is 9.75. The van der Waals surface area contributed by atoms with E-state index in [9.17, 15) is 4.79 Å². The third-order valence-corrected chi connectivity index (χ3v) is 5.69. The maximum atomic E-state index is 13.0. The number of rotatable bonds is 6. The van der Waals surface area contributed by atoms with Gasteiger partial charge in [-0.3, -0.25) is 4.79 Å². The second kappa shape index (κ2) is 7.72. The number of ether oxygens (including phenoxy) is 4. The lowest BCUT2D eigenvalue weighted by molar-refractivity contribution is -0.914. The summed E-state index contributed by atoms with van der Waals surface area (Å²) >= 11 is 0. The van der Waals surface area contributed by atoms with Crippen LogP contribution in [0.3, 0.4) is 0 Å². The van der Waals surface area contributed by atoms with Crippen LogP contribution in [0.4, 0.5) is 0 Å². The van der Waals surface area contributed by atoms with Crippen LogP contribution in [0, 0.1) is 0 Å². The van der Waals surface area contributed by atoms with Gasteiger partial charge in [-0.2, -0.15) is 0 Å². The highest BCUT2D eigenvalue weighted by atomic mass is 16.7. The van der Waals surface area contributed by atoms with Crippen molar-refractivity contribution in [2.24, 2.45) is 0 Å². The predicted octanol–water partition coefficient (Wildman–Crippen LogP) is 1.75.